The van der Waals surface area contributed by atoms with Gasteiger partial charge in [-0.15, -0.1) is 0 Å². The number of carbonyl (C=O) groups is 1. The van der Waals surface area contributed by atoms with Crippen LogP contribution in [0.1, 0.15) is 21.6 Å². The van der Waals surface area contributed by atoms with Gasteiger partial charge in [-0.25, -0.2) is 4.98 Å². The average Bonchev–Trinajstić information content (AvgIpc) is 2.37. The Morgan fingerprint density at radius 1 is 1.21 bits per heavy atom. The number of hydrogen-bond donors (Lipinski definition) is 2. The van der Waals surface area contributed by atoms with E-state index in [9.17, 15) is 4.79 Å². The maximum Gasteiger partial charge on any atom is 0.275 e. The summed E-state index contributed by atoms with van der Waals surface area (Å²) in [7, 11) is 0. The Labute approximate surface area is 116 Å². The Kier molecular flexibility index (Phi) is 3.71. The highest BCUT2D eigenvalue weighted by molar-refractivity contribution is 6.34. The van der Waals surface area contributed by atoms with Crippen LogP contribution in [0.5, 0.6) is 0 Å². The third-order valence-corrected chi connectivity index (χ3v) is 3.11. The number of hydrogen-bond acceptors (Lipinski definition) is 3. The van der Waals surface area contributed by atoms with E-state index in [1.165, 1.54) is 0 Å². The number of carbonyl (C=O) groups excluding carboxylic acids is 1. The molecule has 1 aromatic heterocycles. The van der Waals surface area contributed by atoms with Gasteiger partial charge in [-0.1, -0.05) is 29.8 Å². The molecule has 0 saturated carbocycles. The number of nitrogen functional groups attached to an aromatic ring is 1. The topological polar surface area (TPSA) is 68.0 Å². The van der Waals surface area contributed by atoms with E-state index in [0.29, 0.717) is 0 Å². The highest BCUT2D eigenvalue weighted by Gasteiger charge is 2.14. The monoisotopic (exact) mass is 275 g/mol. The molecule has 98 valence electrons. The molecule has 0 bridgehead atoms. The van der Waals surface area contributed by atoms with E-state index < -0.39 is 0 Å². The van der Waals surface area contributed by atoms with Gasteiger partial charge in [-0.05, 0) is 37.1 Å². The molecule has 1 amide bonds. The first-order valence-electron chi connectivity index (χ1n) is 5.78. The van der Waals surface area contributed by atoms with Crippen LogP contribution in [0.15, 0.2) is 30.3 Å². The van der Waals surface area contributed by atoms with Crippen LogP contribution in [0.3, 0.4) is 0 Å². The minimum atomic E-state index is -0.366. The molecule has 0 aliphatic rings. The maximum atomic E-state index is 12.2. The first-order chi connectivity index (χ1) is 8.99. The molecule has 3 N–H and O–H groups in total. The first-order valence-corrected chi connectivity index (χ1v) is 6.16. The standard InChI is InChI=1S/C14H14ClN3O/c1-8-4-3-5-9(2)12(8)18-14(19)13-10(15)6-7-11(16)17-13/h3-7H,1-2H3,(H2,16,17)(H,18,19). The third-order valence-electron chi connectivity index (χ3n) is 2.80. The third kappa shape index (κ3) is 2.85. The van der Waals surface area contributed by atoms with E-state index in [-0.39, 0.29) is 22.4 Å². The van der Waals surface area contributed by atoms with Crippen molar-refractivity contribution in [3.8, 4) is 0 Å². The maximum absolute atomic E-state index is 12.2. The second-order valence-corrected chi connectivity index (χ2v) is 4.69. The van der Waals surface area contributed by atoms with Gasteiger partial charge in [0.15, 0.2) is 0 Å². The number of aromatic nitrogens is 1. The van der Waals surface area contributed by atoms with Crippen LogP contribution in [0.4, 0.5) is 11.5 Å². The molecule has 0 aliphatic carbocycles. The second kappa shape index (κ2) is 5.28. The molecule has 1 heterocycles. The minimum absolute atomic E-state index is 0.129. The SMILES string of the molecule is Cc1cccc(C)c1NC(=O)c1nc(N)ccc1Cl. The van der Waals surface area contributed by atoms with Gasteiger partial charge in [0.05, 0.1) is 5.02 Å². The van der Waals surface area contributed by atoms with E-state index in [4.69, 9.17) is 17.3 Å². The van der Waals surface area contributed by atoms with Crippen molar-refractivity contribution in [2.75, 3.05) is 11.1 Å². The Bertz CT molecular complexity index is 620. The molecule has 1 aromatic carbocycles. The minimum Gasteiger partial charge on any atom is -0.384 e. The van der Waals surface area contributed by atoms with Crippen molar-refractivity contribution in [2.24, 2.45) is 0 Å². The number of anilines is 2. The number of nitrogens with two attached hydrogens (primary N) is 1. The molecule has 5 heteroatoms. The quantitative estimate of drug-likeness (QED) is 0.884. The first kappa shape index (κ1) is 13.4. The summed E-state index contributed by atoms with van der Waals surface area (Å²) in [6, 6.07) is 8.90. The van der Waals surface area contributed by atoms with Crippen LogP contribution in [0.25, 0.3) is 0 Å². The average molecular weight is 276 g/mol. The van der Waals surface area contributed by atoms with E-state index in [1.807, 2.05) is 32.0 Å². The number of benzene rings is 1. The smallest absolute Gasteiger partial charge is 0.275 e. The fourth-order valence-electron chi connectivity index (χ4n) is 1.80. The molecule has 0 aliphatic heterocycles. The zero-order chi connectivity index (χ0) is 14.0. The van der Waals surface area contributed by atoms with Crippen molar-refractivity contribution in [1.29, 1.82) is 0 Å². The zero-order valence-electron chi connectivity index (χ0n) is 10.7. The number of nitrogens with one attached hydrogen (secondary N) is 1. The van der Waals surface area contributed by atoms with Crippen molar-refractivity contribution in [3.63, 3.8) is 0 Å². The number of pyridine rings is 1. The number of rotatable bonds is 2. The molecule has 2 aromatic rings. The predicted octanol–water partition coefficient (Wildman–Crippen LogP) is 3.19. The molecular weight excluding hydrogens is 262 g/mol. The number of aryl methyl sites for hydroxylation is 2. The Morgan fingerprint density at radius 2 is 1.84 bits per heavy atom. The summed E-state index contributed by atoms with van der Waals surface area (Å²) in [6.45, 7) is 3.86. The van der Waals surface area contributed by atoms with Gasteiger partial charge >= 0.3 is 0 Å². The molecule has 0 fully saturated rings. The summed E-state index contributed by atoms with van der Waals surface area (Å²) in [5.41, 5.74) is 8.43. The van der Waals surface area contributed by atoms with Gasteiger partial charge in [0, 0.05) is 5.69 Å². The number of halogens is 1. The normalized spacial score (nSPS) is 10.3. The van der Waals surface area contributed by atoms with Crippen LogP contribution in [-0.2, 0) is 0 Å². The summed E-state index contributed by atoms with van der Waals surface area (Å²) in [4.78, 5) is 16.1. The summed E-state index contributed by atoms with van der Waals surface area (Å²) in [5, 5.41) is 3.10. The van der Waals surface area contributed by atoms with Gasteiger partial charge in [0.1, 0.15) is 11.5 Å². The van der Waals surface area contributed by atoms with Crippen LogP contribution in [-0.4, -0.2) is 10.9 Å². The summed E-state index contributed by atoms with van der Waals surface area (Å²) < 4.78 is 0. The van der Waals surface area contributed by atoms with Gasteiger partial charge < -0.3 is 11.1 Å². The van der Waals surface area contributed by atoms with Crippen molar-refractivity contribution in [2.45, 2.75) is 13.8 Å². The van der Waals surface area contributed by atoms with E-state index in [1.54, 1.807) is 12.1 Å². The molecule has 4 nitrogen and oxygen atoms in total. The van der Waals surface area contributed by atoms with Crippen LogP contribution < -0.4 is 11.1 Å². The van der Waals surface area contributed by atoms with Gasteiger partial charge in [-0.2, -0.15) is 0 Å². The summed E-state index contributed by atoms with van der Waals surface area (Å²) >= 11 is 5.96. The summed E-state index contributed by atoms with van der Waals surface area (Å²) in [5.74, 6) is -0.106. The molecule has 0 spiro atoms. The fourth-order valence-corrected chi connectivity index (χ4v) is 1.99. The fraction of sp³-hybridized carbons (Fsp3) is 0.143. The Balaban J connectivity index is 2.34. The number of amides is 1. The molecule has 0 unspecified atom stereocenters. The van der Waals surface area contributed by atoms with Gasteiger partial charge in [0.2, 0.25) is 0 Å². The highest BCUT2D eigenvalue weighted by Crippen LogP contribution is 2.22. The molecule has 0 radical (unpaired) electrons. The summed E-state index contributed by atoms with van der Waals surface area (Å²) in [6.07, 6.45) is 0. The van der Waals surface area contributed by atoms with Crippen molar-refractivity contribution in [1.82, 2.24) is 4.98 Å². The Hall–Kier alpha value is -2.07. The van der Waals surface area contributed by atoms with E-state index in [2.05, 4.69) is 10.3 Å². The van der Waals surface area contributed by atoms with Crippen LogP contribution in [0, 0.1) is 13.8 Å². The molecular formula is C14H14ClN3O. The van der Waals surface area contributed by atoms with E-state index >= 15 is 0 Å². The molecule has 2 rings (SSSR count). The molecule has 0 atom stereocenters. The van der Waals surface area contributed by atoms with Crippen LogP contribution in [0.2, 0.25) is 5.02 Å². The molecule has 0 saturated heterocycles. The Morgan fingerprint density at radius 3 is 2.47 bits per heavy atom. The molecule has 19 heavy (non-hydrogen) atoms. The lowest BCUT2D eigenvalue weighted by molar-refractivity contribution is 0.102. The lowest BCUT2D eigenvalue weighted by Crippen LogP contribution is -2.16. The van der Waals surface area contributed by atoms with Gasteiger partial charge in [0.25, 0.3) is 5.91 Å². The van der Waals surface area contributed by atoms with Crippen molar-refractivity contribution < 1.29 is 4.79 Å². The van der Waals surface area contributed by atoms with E-state index in [0.717, 1.165) is 16.8 Å². The highest BCUT2D eigenvalue weighted by atomic mass is 35.5. The predicted molar refractivity (Wildman–Crippen MR) is 77.5 cm³/mol. The van der Waals surface area contributed by atoms with Crippen LogP contribution >= 0.6 is 11.6 Å². The largest absolute Gasteiger partial charge is 0.384 e. The number of nitrogens with zero attached hydrogens (tertiary/aromatic N) is 1. The van der Waals surface area contributed by atoms with Crippen molar-refractivity contribution in [3.05, 3.63) is 52.2 Å². The number of para-hydroxylation sites is 1. The van der Waals surface area contributed by atoms with Crippen molar-refractivity contribution >= 4 is 29.0 Å². The zero-order valence-corrected chi connectivity index (χ0v) is 11.5. The lowest BCUT2D eigenvalue weighted by Gasteiger charge is -2.11. The van der Waals surface area contributed by atoms with Gasteiger partial charge in [-0.3, -0.25) is 4.79 Å². The lowest BCUT2D eigenvalue weighted by atomic mass is 10.1. The second-order valence-electron chi connectivity index (χ2n) is 4.29.